The Hall–Kier alpha value is -1.14. The van der Waals surface area contributed by atoms with Gasteiger partial charge in [0.15, 0.2) is 0 Å². The summed E-state index contributed by atoms with van der Waals surface area (Å²) in [5.74, 6) is -1.93. The van der Waals surface area contributed by atoms with Crippen LogP contribution in [-0.2, 0) is 14.3 Å². The SMILES string of the molecule is CC(O)C(=O)OCCC(N)C(=O)O. The molecule has 0 aliphatic rings. The van der Waals surface area contributed by atoms with Crippen LogP contribution in [0.25, 0.3) is 0 Å². The van der Waals surface area contributed by atoms with Gasteiger partial charge < -0.3 is 20.7 Å². The molecule has 0 saturated carbocycles. The zero-order valence-corrected chi connectivity index (χ0v) is 7.27. The highest BCUT2D eigenvalue weighted by Gasteiger charge is 2.14. The maximum absolute atomic E-state index is 10.6. The highest BCUT2D eigenvalue weighted by atomic mass is 16.5. The van der Waals surface area contributed by atoms with E-state index < -0.39 is 24.1 Å². The molecule has 2 unspecified atom stereocenters. The van der Waals surface area contributed by atoms with Crippen LogP contribution in [0.15, 0.2) is 0 Å². The number of carboxylic acids is 1. The van der Waals surface area contributed by atoms with Crippen LogP contribution in [0, 0.1) is 0 Å². The Morgan fingerprint density at radius 3 is 2.46 bits per heavy atom. The second-order valence-electron chi connectivity index (χ2n) is 2.58. The Bertz CT molecular complexity index is 191. The summed E-state index contributed by atoms with van der Waals surface area (Å²) < 4.78 is 4.49. The van der Waals surface area contributed by atoms with Crippen LogP contribution in [0.4, 0.5) is 0 Å². The number of aliphatic hydroxyl groups excluding tert-OH is 1. The summed E-state index contributed by atoms with van der Waals surface area (Å²) in [7, 11) is 0. The minimum atomic E-state index is -1.19. The van der Waals surface area contributed by atoms with Crippen molar-refractivity contribution in [2.45, 2.75) is 25.5 Å². The molecule has 0 aromatic heterocycles. The summed E-state index contributed by atoms with van der Waals surface area (Å²) in [6.45, 7) is 1.16. The molecule has 0 spiro atoms. The zero-order chi connectivity index (χ0) is 10.4. The molecular formula is C7H13NO5. The first-order valence-corrected chi connectivity index (χ1v) is 3.78. The van der Waals surface area contributed by atoms with Gasteiger partial charge >= 0.3 is 11.9 Å². The van der Waals surface area contributed by atoms with Crippen molar-refractivity contribution >= 4 is 11.9 Å². The van der Waals surface area contributed by atoms with E-state index in [4.69, 9.17) is 15.9 Å². The molecular weight excluding hydrogens is 178 g/mol. The largest absolute Gasteiger partial charge is 0.480 e. The Kier molecular flexibility index (Phi) is 5.01. The average molecular weight is 191 g/mol. The van der Waals surface area contributed by atoms with E-state index in [2.05, 4.69) is 4.74 Å². The summed E-state index contributed by atoms with van der Waals surface area (Å²) in [6.07, 6.45) is -1.16. The maximum atomic E-state index is 10.6. The average Bonchev–Trinajstić information content (AvgIpc) is 2.03. The Labute approximate surface area is 75.3 Å². The first-order chi connectivity index (χ1) is 5.95. The fourth-order valence-electron chi connectivity index (χ4n) is 0.531. The highest BCUT2D eigenvalue weighted by molar-refractivity contribution is 5.74. The van der Waals surface area contributed by atoms with Crippen molar-refractivity contribution in [2.24, 2.45) is 5.73 Å². The lowest BCUT2D eigenvalue weighted by Crippen LogP contribution is -2.32. The van der Waals surface area contributed by atoms with E-state index in [-0.39, 0.29) is 13.0 Å². The lowest BCUT2D eigenvalue weighted by Gasteiger charge is -2.08. The van der Waals surface area contributed by atoms with E-state index in [1.54, 1.807) is 0 Å². The van der Waals surface area contributed by atoms with Gasteiger partial charge in [-0.05, 0) is 6.92 Å². The molecule has 6 heteroatoms. The number of aliphatic carboxylic acids is 1. The fraction of sp³-hybridized carbons (Fsp3) is 0.714. The van der Waals surface area contributed by atoms with Crippen LogP contribution in [0.2, 0.25) is 0 Å². The minimum Gasteiger partial charge on any atom is -0.480 e. The van der Waals surface area contributed by atoms with E-state index in [0.29, 0.717) is 0 Å². The molecule has 4 N–H and O–H groups in total. The summed E-state index contributed by atoms with van der Waals surface area (Å²) in [5, 5.41) is 17.0. The van der Waals surface area contributed by atoms with Crippen molar-refractivity contribution in [3.05, 3.63) is 0 Å². The van der Waals surface area contributed by atoms with E-state index in [9.17, 15) is 9.59 Å². The predicted molar refractivity (Wildman–Crippen MR) is 42.9 cm³/mol. The molecule has 0 saturated heterocycles. The van der Waals surface area contributed by atoms with Gasteiger partial charge in [0.2, 0.25) is 0 Å². The monoisotopic (exact) mass is 191 g/mol. The van der Waals surface area contributed by atoms with Crippen molar-refractivity contribution < 1.29 is 24.5 Å². The number of rotatable bonds is 5. The molecule has 0 fully saturated rings. The van der Waals surface area contributed by atoms with Crippen LogP contribution in [0.5, 0.6) is 0 Å². The summed E-state index contributed by atoms with van der Waals surface area (Å²) >= 11 is 0. The molecule has 0 aliphatic carbocycles. The van der Waals surface area contributed by atoms with E-state index >= 15 is 0 Å². The maximum Gasteiger partial charge on any atom is 0.334 e. The van der Waals surface area contributed by atoms with Gasteiger partial charge in [-0.15, -0.1) is 0 Å². The van der Waals surface area contributed by atoms with E-state index in [1.807, 2.05) is 0 Å². The highest BCUT2D eigenvalue weighted by Crippen LogP contribution is 1.92. The van der Waals surface area contributed by atoms with Crippen molar-refractivity contribution in [3.8, 4) is 0 Å². The third-order valence-corrected chi connectivity index (χ3v) is 1.33. The van der Waals surface area contributed by atoms with Gasteiger partial charge in [0.25, 0.3) is 0 Å². The number of hydrogen-bond donors (Lipinski definition) is 3. The number of aliphatic hydroxyl groups is 1. The number of esters is 1. The van der Waals surface area contributed by atoms with E-state index in [0.717, 1.165) is 0 Å². The van der Waals surface area contributed by atoms with Crippen molar-refractivity contribution in [3.63, 3.8) is 0 Å². The van der Waals surface area contributed by atoms with E-state index in [1.165, 1.54) is 6.92 Å². The van der Waals surface area contributed by atoms with Gasteiger partial charge in [-0.25, -0.2) is 4.79 Å². The Balaban J connectivity index is 3.56. The normalized spacial score (nSPS) is 14.7. The van der Waals surface area contributed by atoms with Gasteiger partial charge in [-0.2, -0.15) is 0 Å². The number of nitrogens with two attached hydrogens (primary N) is 1. The molecule has 0 aliphatic heterocycles. The first-order valence-electron chi connectivity index (χ1n) is 3.78. The molecule has 0 aromatic rings. The second kappa shape index (κ2) is 5.50. The molecule has 76 valence electrons. The number of ether oxygens (including phenoxy) is 1. The topological polar surface area (TPSA) is 110 Å². The fourth-order valence-corrected chi connectivity index (χ4v) is 0.531. The van der Waals surface area contributed by atoms with Crippen LogP contribution in [0.3, 0.4) is 0 Å². The van der Waals surface area contributed by atoms with Gasteiger partial charge in [-0.1, -0.05) is 0 Å². The first kappa shape index (κ1) is 11.9. The van der Waals surface area contributed by atoms with Gasteiger partial charge in [0, 0.05) is 6.42 Å². The van der Waals surface area contributed by atoms with Gasteiger partial charge in [0.1, 0.15) is 12.1 Å². The molecule has 0 radical (unpaired) electrons. The van der Waals surface area contributed by atoms with Crippen molar-refractivity contribution in [1.82, 2.24) is 0 Å². The Morgan fingerprint density at radius 1 is 1.54 bits per heavy atom. The standard InChI is InChI=1S/C7H13NO5/c1-4(9)7(12)13-3-2-5(8)6(10)11/h4-5,9H,2-3,8H2,1H3,(H,10,11). The molecule has 0 bridgehead atoms. The smallest absolute Gasteiger partial charge is 0.334 e. The molecule has 13 heavy (non-hydrogen) atoms. The molecule has 0 rings (SSSR count). The van der Waals surface area contributed by atoms with Crippen LogP contribution in [0.1, 0.15) is 13.3 Å². The third kappa shape index (κ3) is 5.15. The second-order valence-corrected chi connectivity index (χ2v) is 2.58. The number of carbonyl (C=O) groups is 2. The minimum absolute atomic E-state index is 0.0355. The zero-order valence-electron chi connectivity index (χ0n) is 7.27. The number of carbonyl (C=O) groups excluding carboxylic acids is 1. The lowest BCUT2D eigenvalue weighted by molar-refractivity contribution is -0.153. The van der Waals surface area contributed by atoms with Crippen LogP contribution in [-0.4, -0.2) is 40.9 Å². The Morgan fingerprint density at radius 2 is 2.08 bits per heavy atom. The quantitative estimate of drug-likeness (QED) is 0.466. The third-order valence-electron chi connectivity index (χ3n) is 1.33. The lowest BCUT2D eigenvalue weighted by atomic mass is 10.2. The molecule has 0 aromatic carbocycles. The predicted octanol–water partition coefficient (Wildman–Crippen LogP) is -1.29. The summed E-state index contributed by atoms with van der Waals surface area (Å²) in [6, 6.07) is -1.04. The van der Waals surface area contributed by atoms with Crippen molar-refractivity contribution in [2.75, 3.05) is 6.61 Å². The van der Waals surface area contributed by atoms with Crippen molar-refractivity contribution in [1.29, 1.82) is 0 Å². The molecule has 2 atom stereocenters. The molecule has 6 nitrogen and oxygen atoms in total. The van der Waals surface area contributed by atoms with Gasteiger partial charge in [0.05, 0.1) is 6.61 Å². The van der Waals surface area contributed by atoms with Crippen LogP contribution < -0.4 is 5.73 Å². The van der Waals surface area contributed by atoms with Crippen LogP contribution >= 0.6 is 0 Å². The number of carboxylic acid groups (broad SMARTS) is 1. The summed E-state index contributed by atoms with van der Waals surface area (Å²) in [4.78, 5) is 20.8. The molecule has 0 amide bonds. The number of hydrogen-bond acceptors (Lipinski definition) is 5. The molecule has 0 heterocycles. The summed E-state index contributed by atoms with van der Waals surface area (Å²) in [5.41, 5.74) is 5.13. The van der Waals surface area contributed by atoms with Gasteiger partial charge in [-0.3, -0.25) is 4.79 Å².